The van der Waals surface area contributed by atoms with Crippen LogP contribution in [0, 0.1) is 4.77 Å². The first-order chi connectivity index (χ1) is 7.20. The van der Waals surface area contributed by atoms with Gasteiger partial charge in [0.25, 0.3) is 5.56 Å². The molecule has 1 aliphatic rings. The zero-order chi connectivity index (χ0) is 10.8. The van der Waals surface area contributed by atoms with Crippen LogP contribution in [0.2, 0.25) is 0 Å². The summed E-state index contributed by atoms with van der Waals surface area (Å²) in [6.07, 6.45) is 2.70. The van der Waals surface area contributed by atoms with E-state index in [-0.39, 0.29) is 5.56 Å². The molecule has 0 radical (unpaired) electrons. The Labute approximate surface area is 92.6 Å². The standard InChI is InChI=1S/C10H13N3OS/c1-2-4-13-5-3-8-7(6-13)9(14)12-10(15)11-8/h2H,1,3-6H2,(H2,11,12,14,15). The van der Waals surface area contributed by atoms with Crippen LogP contribution in [-0.4, -0.2) is 28.0 Å². The highest BCUT2D eigenvalue weighted by Crippen LogP contribution is 2.12. The van der Waals surface area contributed by atoms with Gasteiger partial charge in [0, 0.05) is 31.7 Å². The second kappa shape index (κ2) is 4.12. The Kier molecular flexibility index (Phi) is 2.83. The Morgan fingerprint density at radius 3 is 3.07 bits per heavy atom. The van der Waals surface area contributed by atoms with Crippen LogP contribution in [-0.2, 0) is 13.0 Å². The SMILES string of the molecule is C=CCN1CCc2[nH]c(=S)[nH]c(=O)c2C1. The average Bonchev–Trinajstić information content (AvgIpc) is 2.19. The summed E-state index contributed by atoms with van der Waals surface area (Å²) < 4.78 is 0.413. The van der Waals surface area contributed by atoms with Crippen LogP contribution in [0.15, 0.2) is 17.4 Å². The molecule has 4 nitrogen and oxygen atoms in total. The molecule has 2 N–H and O–H groups in total. The molecule has 0 aromatic carbocycles. The largest absolute Gasteiger partial charge is 0.335 e. The third-order valence-corrected chi connectivity index (χ3v) is 2.78. The first kappa shape index (κ1) is 10.3. The van der Waals surface area contributed by atoms with Crippen molar-refractivity contribution < 1.29 is 0 Å². The lowest BCUT2D eigenvalue weighted by molar-refractivity contribution is 0.277. The normalized spacial score (nSPS) is 16.0. The number of hydrogen-bond donors (Lipinski definition) is 2. The molecule has 0 fully saturated rings. The van der Waals surface area contributed by atoms with Gasteiger partial charge in [0.2, 0.25) is 0 Å². The van der Waals surface area contributed by atoms with Crippen molar-refractivity contribution in [3.63, 3.8) is 0 Å². The Morgan fingerprint density at radius 2 is 2.33 bits per heavy atom. The lowest BCUT2D eigenvalue weighted by atomic mass is 10.1. The predicted molar refractivity (Wildman–Crippen MR) is 61.4 cm³/mol. The van der Waals surface area contributed by atoms with Crippen LogP contribution in [0.5, 0.6) is 0 Å². The van der Waals surface area contributed by atoms with Crippen molar-refractivity contribution in [3.8, 4) is 0 Å². The summed E-state index contributed by atoms with van der Waals surface area (Å²) in [5.74, 6) is 0. The van der Waals surface area contributed by atoms with E-state index in [9.17, 15) is 4.79 Å². The quantitative estimate of drug-likeness (QED) is 0.580. The molecule has 15 heavy (non-hydrogen) atoms. The number of fused-ring (bicyclic) bond motifs is 1. The fourth-order valence-corrected chi connectivity index (χ4v) is 2.07. The zero-order valence-corrected chi connectivity index (χ0v) is 9.19. The van der Waals surface area contributed by atoms with E-state index < -0.39 is 0 Å². The van der Waals surface area contributed by atoms with Crippen LogP contribution < -0.4 is 5.56 Å². The lowest BCUT2D eigenvalue weighted by Crippen LogP contribution is -2.35. The molecule has 0 saturated heterocycles. The summed E-state index contributed by atoms with van der Waals surface area (Å²) in [5, 5.41) is 0. The van der Waals surface area contributed by atoms with Crippen molar-refractivity contribution in [2.24, 2.45) is 0 Å². The van der Waals surface area contributed by atoms with Gasteiger partial charge in [-0.1, -0.05) is 6.08 Å². The van der Waals surface area contributed by atoms with E-state index in [0.29, 0.717) is 11.3 Å². The Hall–Kier alpha value is -1.20. The average molecular weight is 223 g/mol. The van der Waals surface area contributed by atoms with E-state index >= 15 is 0 Å². The van der Waals surface area contributed by atoms with Crippen molar-refractivity contribution in [1.29, 1.82) is 0 Å². The number of hydrogen-bond acceptors (Lipinski definition) is 3. The van der Waals surface area contributed by atoms with Gasteiger partial charge < -0.3 is 4.98 Å². The molecule has 0 unspecified atom stereocenters. The summed E-state index contributed by atoms with van der Waals surface area (Å²) in [4.78, 5) is 19.5. The van der Waals surface area contributed by atoms with Crippen LogP contribution in [0.25, 0.3) is 0 Å². The zero-order valence-electron chi connectivity index (χ0n) is 8.38. The molecular formula is C10H13N3OS. The molecule has 0 amide bonds. The molecule has 0 bridgehead atoms. The van der Waals surface area contributed by atoms with E-state index in [1.165, 1.54) is 0 Å². The summed E-state index contributed by atoms with van der Waals surface area (Å²) >= 11 is 4.92. The third kappa shape index (κ3) is 2.08. The summed E-state index contributed by atoms with van der Waals surface area (Å²) in [6, 6.07) is 0. The van der Waals surface area contributed by atoms with Gasteiger partial charge in [0.1, 0.15) is 0 Å². The molecule has 0 saturated carbocycles. The maximum absolute atomic E-state index is 11.6. The summed E-state index contributed by atoms with van der Waals surface area (Å²) in [5.41, 5.74) is 1.71. The monoisotopic (exact) mass is 223 g/mol. The molecule has 0 atom stereocenters. The van der Waals surface area contributed by atoms with E-state index in [1.54, 1.807) is 0 Å². The second-order valence-electron chi connectivity index (χ2n) is 3.64. The van der Waals surface area contributed by atoms with Gasteiger partial charge in [-0.25, -0.2) is 0 Å². The van der Waals surface area contributed by atoms with E-state index in [1.807, 2.05) is 6.08 Å². The van der Waals surface area contributed by atoms with Crippen molar-refractivity contribution in [2.45, 2.75) is 13.0 Å². The summed E-state index contributed by atoms with van der Waals surface area (Å²) in [7, 11) is 0. The van der Waals surface area contributed by atoms with E-state index in [0.717, 1.165) is 30.8 Å². The van der Waals surface area contributed by atoms with Crippen LogP contribution in [0.4, 0.5) is 0 Å². The topological polar surface area (TPSA) is 51.9 Å². The van der Waals surface area contributed by atoms with Crippen molar-refractivity contribution >= 4 is 12.2 Å². The Morgan fingerprint density at radius 1 is 1.53 bits per heavy atom. The maximum atomic E-state index is 11.6. The third-order valence-electron chi connectivity index (χ3n) is 2.58. The van der Waals surface area contributed by atoms with Gasteiger partial charge in [0.05, 0.1) is 5.56 Å². The minimum Gasteiger partial charge on any atom is -0.335 e. The van der Waals surface area contributed by atoms with Crippen LogP contribution in [0.1, 0.15) is 11.3 Å². The predicted octanol–water partition coefficient (Wildman–Crippen LogP) is 0.977. The van der Waals surface area contributed by atoms with Gasteiger partial charge >= 0.3 is 0 Å². The first-order valence-corrected chi connectivity index (χ1v) is 5.29. The molecule has 1 aromatic rings. The number of aromatic amines is 2. The minimum absolute atomic E-state index is 0.0671. The number of aromatic nitrogens is 2. The number of H-pyrrole nitrogens is 2. The maximum Gasteiger partial charge on any atom is 0.256 e. The molecule has 5 heteroatoms. The smallest absolute Gasteiger partial charge is 0.256 e. The highest BCUT2D eigenvalue weighted by Gasteiger charge is 2.18. The second-order valence-corrected chi connectivity index (χ2v) is 4.05. The number of nitrogens with zero attached hydrogens (tertiary/aromatic N) is 1. The van der Waals surface area contributed by atoms with E-state index in [4.69, 9.17) is 12.2 Å². The Bertz CT molecular complexity index is 488. The number of rotatable bonds is 2. The molecule has 1 aromatic heterocycles. The van der Waals surface area contributed by atoms with Gasteiger partial charge in [-0.2, -0.15) is 0 Å². The molecular weight excluding hydrogens is 210 g/mol. The van der Waals surface area contributed by atoms with Crippen molar-refractivity contribution in [3.05, 3.63) is 39.0 Å². The van der Waals surface area contributed by atoms with Gasteiger partial charge in [-0.05, 0) is 12.2 Å². The first-order valence-electron chi connectivity index (χ1n) is 4.88. The number of nitrogens with one attached hydrogen (secondary N) is 2. The fraction of sp³-hybridized carbons (Fsp3) is 0.400. The van der Waals surface area contributed by atoms with E-state index in [2.05, 4.69) is 21.4 Å². The molecule has 0 spiro atoms. The molecule has 1 aliphatic heterocycles. The van der Waals surface area contributed by atoms with Crippen molar-refractivity contribution in [2.75, 3.05) is 13.1 Å². The van der Waals surface area contributed by atoms with Crippen molar-refractivity contribution in [1.82, 2.24) is 14.9 Å². The summed E-state index contributed by atoms with van der Waals surface area (Å²) in [6.45, 7) is 6.12. The van der Waals surface area contributed by atoms with Crippen LogP contribution in [0.3, 0.4) is 0 Å². The van der Waals surface area contributed by atoms with Gasteiger partial charge in [-0.3, -0.25) is 14.7 Å². The lowest BCUT2D eigenvalue weighted by Gasteiger charge is -2.26. The molecule has 80 valence electrons. The molecule has 2 heterocycles. The Balaban J connectivity index is 2.37. The van der Waals surface area contributed by atoms with Crippen LogP contribution >= 0.6 is 12.2 Å². The highest BCUT2D eigenvalue weighted by atomic mass is 32.1. The molecule has 2 rings (SSSR count). The van der Waals surface area contributed by atoms with Gasteiger partial charge in [-0.15, -0.1) is 6.58 Å². The molecule has 0 aliphatic carbocycles. The fourth-order valence-electron chi connectivity index (χ4n) is 1.85. The minimum atomic E-state index is -0.0671. The highest BCUT2D eigenvalue weighted by molar-refractivity contribution is 7.71. The van der Waals surface area contributed by atoms with Gasteiger partial charge in [0.15, 0.2) is 4.77 Å².